The number of pyridine rings is 1. The third-order valence-corrected chi connectivity index (χ3v) is 13.2. The third-order valence-electron chi connectivity index (χ3n) is 11.4. The van der Waals surface area contributed by atoms with Crippen LogP contribution >= 0.6 is 0 Å². The fourth-order valence-electron chi connectivity index (χ4n) is 7.88. The van der Waals surface area contributed by atoms with E-state index in [9.17, 15) is 27.6 Å². The Morgan fingerprint density at radius 1 is 1.09 bits per heavy atom. The molecule has 15 nitrogen and oxygen atoms in total. The van der Waals surface area contributed by atoms with Crippen LogP contribution in [0.15, 0.2) is 36.4 Å². The summed E-state index contributed by atoms with van der Waals surface area (Å²) in [5, 5.41) is 5.72. The van der Waals surface area contributed by atoms with Crippen molar-refractivity contribution >= 4 is 50.8 Å². The minimum absolute atomic E-state index is 0.0214. The van der Waals surface area contributed by atoms with Gasteiger partial charge in [0.15, 0.2) is 0 Å². The molecule has 4 amide bonds. The number of hydrogen-bond donors (Lipinski definition) is 3. The summed E-state index contributed by atoms with van der Waals surface area (Å²) in [5.74, 6) is -1.02. The summed E-state index contributed by atoms with van der Waals surface area (Å²) in [6.07, 6.45) is 11.2. The van der Waals surface area contributed by atoms with Crippen LogP contribution in [0.3, 0.4) is 0 Å². The van der Waals surface area contributed by atoms with Crippen LogP contribution in [0.2, 0.25) is 0 Å². The predicted octanol–water partition coefficient (Wildman–Crippen LogP) is 4.53. The van der Waals surface area contributed by atoms with E-state index >= 15 is 0 Å². The lowest BCUT2D eigenvalue weighted by atomic mass is 9.90. The fourth-order valence-corrected chi connectivity index (χ4v) is 9.24. The van der Waals surface area contributed by atoms with Crippen LogP contribution in [0.5, 0.6) is 17.4 Å². The lowest BCUT2D eigenvalue weighted by Crippen LogP contribution is -2.58. The van der Waals surface area contributed by atoms with E-state index in [1.54, 1.807) is 19.2 Å². The first-order valence-electron chi connectivity index (χ1n) is 20.0. The van der Waals surface area contributed by atoms with Crippen molar-refractivity contribution in [3.05, 3.63) is 42.0 Å². The zero-order chi connectivity index (χ0) is 40.5. The van der Waals surface area contributed by atoms with Crippen LogP contribution in [-0.4, -0.2) is 98.0 Å². The number of fused-ring (bicyclic) bond motifs is 4. The first-order chi connectivity index (χ1) is 27.2. The SMILES string of the molecule is CCOc1cc2c3cc(c(OC)cc3n1)/C=C/CC(C)(C)COC(=O)N[C@H]1CCCCC/C=C\[C@@H]3C[C@@]3(C(=O)NS(=O)(=O)C3CC3)NC(=O)[C@@H]3C[C@H](CN3C1=O)O2. The summed E-state index contributed by atoms with van der Waals surface area (Å²) in [7, 11) is -2.33. The van der Waals surface area contributed by atoms with E-state index in [0.717, 1.165) is 18.4 Å². The maximum absolute atomic E-state index is 14.6. The standard InChI is InChI=1S/C41H53N5O10S/c1-5-54-35-21-34-29-18-25(33(53-4)20-31(29)42-35)12-11-17-40(2,3)24-55-39(50)43-30-14-10-8-6-7-9-13-26-22-41(26,38(49)45-57(51,52)28-15-16-28)44-36(47)32-19-27(56-34)23-46(32)37(30)48/h9,11-13,18,20-21,26-28,30,32H,5-8,10,14-17,19,22-24H2,1-4H3,(H,43,50)(H,44,47)(H,45,49)/b12-11+,13-9-/t26-,27-,30+,32+,41-/m1/s1. The van der Waals surface area contributed by atoms with Crippen molar-refractivity contribution in [3.8, 4) is 17.4 Å². The van der Waals surface area contributed by atoms with E-state index in [1.807, 2.05) is 51.1 Å². The zero-order valence-electron chi connectivity index (χ0n) is 33.0. The molecule has 1 saturated heterocycles. The van der Waals surface area contributed by atoms with Crippen molar-refractivity contribution < 1.29 is 46.5 Å². The van der Waals surface area contributed by atoms with E-state index in [-0.39, 0.29) is 26.0 Å². The number of carbonyl (C=O) groups is 4. The molecular weight excluding hydrogens is 755 g/mol. The Bertz CT molecular complexity index is 2080. The predicted molar refractivity (Wildman–Crippen MR) is 211 cm³/mol. The second-order valence-electron chi connectivity index (χ2n) is 16.5. The summed E-state index contributed by atoms with van der Waals surface area (Å²) < 4.78 is 52.0. The molecule has 2 aromatic rings. The first kappa shape index (κ1) is 40.3. The van der Waals surface area contributed by atoms with Crippen molar-refractivity contribution in [3.63, 3.8) is 0 Å². The highest BCUT2D eigenvalue weighted by Crippen LogP contribution is 2.46. The number of ether oxygens (including phenoxy) is 4. The van der Waals surface area contributed by atoms with Crippen molar-refractivity contribution in [1.82, 2.24) is 25.2 Å². The van der Waals surface area contributed by atoms with E-state index in [2.05, 4.69) is 15.4 Å². The van der Waals surface area contributed by atoms with Gasteiger partial charge in [0.2, 0.25) is 27.7 Å². The molecule has 1 aromatic heterocycles. The molecule has 0 radical (unpaired) electrons. The van der Waals surface area contributed by atoms with Gasteiger partial charge < -0.3 is 34.5 Å². The van der Waals surface area contributed by atoms with Gasteiger partial charge in [0.1, 0.15) is 35.2 Å². The second-order valence-corrected chi connectivity index (χ2v) is 18.5. The first-order valence-corrected chi connectivity index (χ1v) is 21.5. The number of rotatable bonds is 6. The quantitative estimate of drug-likeness (QED) is 0.348. The van der Waals surface area contributed by atoms with Gasteiger partial charge in [-0.15, -0.1) is 0 Å². The van der Waals surface area contributed by atoms with Gasteiger partial charge in [-0.1, -0.05) is 51.0 Å². The van der Waals surface area contributed by atoms with E-state index < -0.39 is 74.1 Å². The number of nitrogens with one attached hydrogen (secondary N) is 3. The van der Waals surface area contributed by atoms with Gasteiger partial charge in [0.05, 0.1) is 37.6 Å². The molecule has 1 aromatic carbocycles. The minimum Gasteiger partial charge on any atom is -0.496 e. The van der Waals surface area contributed by atoms with Crippen LogP contribution in [-0.2, 0) is 29.1 Å². The van der Waals surface area contributed by atoms with Crippen LogP contribution in [0.4, 0.5) is 4.79 Å². The number of alkyl carbamates (subject to hydrolysis) is 1. The van der Waals surface area contributed by atoms with Gasteiger partial charge in [0.25, 0.3) is 5.91 Å². The molecule has 3 aliphatic heterocycles. The molecule has 0 spiro atoms. The van der Waals surface area contributed by atoms with Gasteiger partial charge in [0, 0.05) is 40.8 Å². The lowest BCUT2D eigenvalue weighted by Gasteiger charge is -2.30. The number of nitrogens with zero attached hydrogens (tertiary/aromatic N) is 2. The number of methoxy groups -OCH3 is 1. The molecule has 5 atom stereocenters. The number of benzene rings is 1. The Labute approximate surface area is 333 Å². The number of cyclic esters (lactones) is 1. The molecule has 2 saturated carbocycles. The number of aromatic nitrogens is 1. The number of hydrogen-bond acceptors (Lipinski definition) is 11. The molecule has 57 heavy (non-hydrogen) atoms. The Morgan fingerprint density at radius 2 is 1.89 bits per heavy atom. The maximum atomic E-state index is 14.6. The van der Waals surface area contributed by atoms with Gasteiger partial charge in [-0.2, -0.15) is 0 Å². The summed E-state index contributed by atoms with van der Waals surface area (Å²) in [5.41, 5.74) is -0.662. The van der Waals surface area contributed by atoms with Gasteiger partial charge in [-0.3, -0.25) is 19.1 Å². The summed E-state index contributed by atoms with van der Waals surface area (Å²) in [6.45, 7) is 6.20. The molecule has 2 aliphatic carbocycles. The van der Waals surface area contributed by atoms with Gasteiger partial charge >= 0.3 is 6.09 Å². The monoisotopic (exact) mass is 807 g/mol. The lowest BCUT2D eigenvalue weighted by molar-refractivity contribution is -0.141. The summed E-state index contributed by atoms with van der Waals surface area (Å²) in [6, 6.07) is 3.26. The highest BCUT2D eigenvalue weighted by atomic mass is 32.2. The maximum Gasteiger partial charge on any atom is 0.407 e. The largest absolute Gasteiger partial charge is 0.496 e. The van der Waals surface area contributed by atoms with E-state index in [0.29, 0.717) is 73.4 Å². The van der Waals surface area contributed by atoms with Crippen molar-refractivity contribution in [2.24, 2.45) is 11.3 Å². The molecule has 4 heterocycles. The Kier molecular flexibility index (Phi) is 11.5. The average molecular weight is 808 g/mol. The Hall–Kier alpha value is -4.86. The van der Waals surface area contributed by atoms with Crippen LogP contribution < -0.4 is 29.6 Å². The zero-order valence-corrected chi connectivity index (χ0v) is 33.8. The van der Waals surface area contributed by atoms with Gasteiger partial charge in [-0.05, 0) is 57.9 Å². The smallest absolute Gasteiger partial charge is 0.407 e. The molecule has 0 unspecified atom stereocenters. The Morgan fingerprint density at radius 3 is 2.65 bits per heavy atom. The van der Waals surface area contributed by atoms with Gasteiger partial charge in [-0.25, -0.2) is 18.2 Å². The average Bonchev–Trinajstić information content (AvgIpc) is 4.09. The molecule has 3 N–H and O–H groups in total. The highest BCUT2D eigenvalue weighted by Gasteiger charge is 2.62. The minimum atomic E-state index is -3.90. The highest BCUT2D eigenvalue weighted by molar-refractivity contribution is 7.91. The fraction of sp³-hybridized carbons (Fsp3) is 0.585. The molecule has 5 bridgehead atoms. The van der Waals surface area contributed by atoms with Crippen molar-refractivity contribution in [2.75, 3.05) is 26.9 Å². The molecule has 3 fully saturated rings. The summed E-state index contributed by atoms with van der Waals surface area (Å²) >= 11 is 0. The van der Waals surface area contributed by atoms with E-state index in [4.69, 9.17) is 23.9 Å². The topological polar surface area (TPSA) is 192 Å². The number of sulfonamides is 1. The number of carbonyl (C=O) groups excluding carboxylic acids is 4. The molecule has 308 valence electrons. The molecule has 16 heteroatoms. The van der Waals surface area contributed by atoms with Crippen molar-refractivity contribution in [1.29, 1.82) is 0 Å². The number of allylic oxidation sites excluding steroid dienone is 2. The van der Waals surface area contributed by atoms with Crippen LogP contribution in [0, 0.1) is 11.3 Å². The second kappa shape index (κ2) is 16.2. The third kappa shape index (κ3) is 9.00. The molecule has 5 aliphatic rings. The van der Waals surface area contributed by atoms with Crippen LogP contribution in [0.25, 0.3) is 17.0 Å². The van der Waals surface area contributed by atoms with Crippen molar-refractivity contribution in [2.45, 2.75) is 114 Å². The van der Waals surface area contributed by atoms with E-state index in [1.165, 1.54) is 4.90 Å². The number of amides is 4. The van der Waals surface area contributed by atoms with Crippen LogP contribution in [0.1, 0.15) is 90.5 Å². The molecule has 7 rings (SSSR count). The normalized spacial score (nSPS) is 29.2. The molecular formula is C41H53N5O10S. The summed E-state index contributed by atoms with van der Waals surface area (Å²) in [4.78, 5) is 62.4. The Balaban J connectivity index is 1.28.